The number of benzene rings is 2. The molecule has 3 amide bonds. The summed E-state index contributed by atoms with van der Waals surface area (Å²) >= 11 is 0.745. The first-order valence-electron chi connectivity index (χ1n) is 11.8. The summed E-state index contributed by atoms with van der Waals surface area (Å²) < 4.78 is 9.61. The van der Waals surface area contributed by atoms with Crippen LogP contribution in [-0.4, -0.2) is 46.5 Å². The van der Waals surface area contributed by atoms with Crippen molar-refractivity contribution in [1.29, 1.82) is 0 Å². The van der Waals surface area contributed by atoms with Crippen molar-refractivity contribution in [3.8, 4) is 5.75 Å². The lowest BCUT2D eigenvalue weighted by atomic mass is 10.0. The molecule has 1 saturated heterocycles. The highest BCUT2D eigenvalue weighted by Crippen LogP contribution is 2.34. The van der Waals surface area contributed by atoms with Crippen molar-refractivity contribution in [2.24, 2.45) is 5.73 Å². The molecule has 2 heterocycles. The predicted octanol–water partition coefficient (Wildman–Crippen LogP) is 2.83. The number of anilines is 2. The van der Waals surface area contributed by atoms with Crippen LogP contribution in [-0.2, 0) is 9.53 Å². The minimum atomic E-state index is -1.13. The Bertz CT molecular complexity index is 1320. The number of nitrogens with two attached hydrogens (primary N) is 2. The number of phenolic OH excluding ortho intramolecular Hbond substituents is 1. The average molecular weight is 524 g/mol. The molecule has 1 fully saturated rings. The van der Waals surface area contributed by atoms with Gasteiger partial charge in [0.15, 0.2) is 5.69 Å². The normalized spacial score (nSPS) is 15.8. The number of hydrogen-bond acceptors (Lipinski definition) is 8. The van der Waals surface area contributed by atoms with E-state index < -0.39 is 23.8 Å². The Labute approximate surface area is 218 Å². The summed E-state index contributed by atoms with van der Waals surface area (Å²) in [5.41, 5.74) is 14.0. The molecular weight excluding hydrogens is 494 g/mol. The third-order valence-electron chi connectivity index (χ3n) is 6.39. The molecule has 194 valence electrons. The van der Waals surface area contributed by atoms with Gasteiger partial charge in [0.1, 0.15) is 16.7 Å². The number of aryl methyl sites for hydroxylation is 2. The van der Waals surface area contributed by atoms with E-state index in [1.165, 1.54) is 17.0 Å². The number of nitrogens with one attached hydrogen (secondary N) is 1. The molecule has 0 bridgehead atoms. The fourth-order valence-corrected chi connectivity index (χ4v) is 4.93. The van der Waals surface area contributed by atoms with E-state index in [2.05, 4.69) is 9.69 Å². The van der Waals surface area contributed by atoms with Crippen LogP contribution in [0.4, 0.5) is 11.4 Å². The second-order valence-electron chi connectivity index (χ2n) is 8.96. The molecule has 0 spiro atoms. The number of nitrogen functional groups attached to an aromatic ring is 1. The topological polar surface area (TPSA) is 161 Å². The number of ether oxygens (including phenoxy) is 1. The van der Waals surface area contributed by atoms with Crippen molar-refractivity contribution in [2.45, 2.75) is 38.8 Å². The molecule has 37 heavy (non-hydrogen) atoms. The monoisotopic (exact) mass is 523 g/mol. The number of carbonyl (C=O) groups excluding carboxylic acids is 3. The quantitative estimate of drug-likeness (QED) is 0.353. The van der Waals surface area contributed by atoms with Gasteiger partial charge in [0, 0.05) is 18.8 Å². The second-order valence-corrected chi connectivity index (χ2v) is 9.73. The van der Waals surface area contributed by atoms with E-state index in [4.69, 9.17) is 16.2 Å². The summed E-state index contributed by atoms with van der Waals surface area (Å²) in [5.74, 6) is -1.89. The number of carbonyl (C=O) groups is 3. The maximum absolute atomic E-state index is 14.1. The van der Waals surface area contributed by atoms with E-state index in [1.807, 2.05) is 19.9 Å². The van der Waals surface area contributed by atoms with E-state index in [0.29, 0.717) is 17.9 Å². The zero-order chi connectivity index (χ0) is 26.7. The molecule has 0 aliphatic carbocycles. The number of hydrogen-bond donors (Lipinski definition) is 4. The molecule has 1 aliphatic rings. The van der Waals surface area contributed by atoms with Crippen LogP contribution in [0.15, 0.2) is 42.5 Å². The van der Waals surface area contributed by atoms with Crippen LogP contribution < -0.4 is 21.7 Å². The van der Waals surface area contributed by atoms with E-state index in [-0.39, 0.29) is 34.7 Å². The molecule has 10 nitrogen and oxygen atoms in total. The molecule has 1 aliphatic heterocycles. The smallest absolute Gasteiger partial charge is 0.273 e. The minimum Gasteiger partial charge on any atom is -0.508 e. The lowest BCUT2D eigenvalue weighted by molar-refractivity contribution is -0.123. The summed E-state index contributed by atoms with van der Waals surface area (Å²) in [5, 5.41) is 12.8. The molecule has 3 aromatic rings. The maximum Gasteiger partial charge on any atom is 0.273 e. The highest BCUT2D eigenvalue weighted by molar-refractivity contribution is 7.09. The first-order valence-corrected chi connectivity index (χ1v) is 12.6. The number of aromatic hydroxyl groups is 1. The van der Waals surface area contributed by atoms with Gasteiger partial charge in [-0.15, -0.1) is 0 Å². The van der Waals surface area contributed by atoms with Crippen LogP contribution in [0.3, 0.4) is 0 Å². The van der Waals surface area contributed by atoms with Crippen molar-refractivity contribution in [3.63, 3.8) is 0 Å². The van der Waals surface area contributed by atoms with Crippen molar-refractivity contribution in [3.05, 3.63) is 69.7 Å². The molecule has 4 rings (SSSR count). The van der Waals surface area contributed by atoms with Gasteiger partial charge in [-0.05, 0) is 79.2 Å². The Hall–Kier alpha value is -3.96. The molecule has 11 heteroatoms. The van der Waals surface area contributed by atoms with Gasteiger partial charge in [0.25, 0.3) is 11.8 Å². The van der Waals surface area contributed by atoms with Crippen LogP contribution in [0.1, 0.15) is 55.7 Å². The lowest BCUT2D eigenvalue weighted by Crippen LogP contribution is -2.45. The zero-order valence-corrected chi connectivity index (χ0v) is 21.4. The molecule has 6 N–H and O–H groups in total. The standard InChI is InChI=1S/C26H29N5O5S/c1-14-5-8-17(12-15(14)2)31(26(35)23-20(27)21(24(28)33)30-37-23)22(16-6-9-18(32)10-7-16)25(34)29-13-19-4-3-11-36-19/h5-10,12,19,22,32H,3-4,11,13,27H2,1-2H3,(H2,28,33)(H,29,34). The van der Waals surface area contributed by atoms with Crippen LogP contribution in [0.25, 0.3) is 0 Å². The Balaban J connectivity index is 1.82. The summed E-state index contributed by atoms with van der Waals surface area (Å²) in [6, 6.07) is 10.3. The van der Waals surface area contributed by atoms with Gasteiger partial charge >= 0.3 is 0 Å². The maximum atomic E-state index is 14.1. The van der Waals surface area contributed by atoms with E-state index in [0.717, 1.165) is 35.5 Å². The van der Waals surface area contributed by atoms with Crippen LogP contribution in [0.2, 0.25) is 0 Å². The SMILES string of the molecule is Cc1ccc(N(C(=O)c2snc(C(N)=O)c2N)C(C(=O)NCC2CCCO2)c2ccc(O)cc2)cc1C. The number of primary amides is 1. The molecule has 2 atom stereocenters. The second kappa shape index (κ2) is 11.0. The zero-order valence-electron chi connectivity index (χ0n) is 20.6. The summed E-state index contributed by atoms with van der Waals surface area (Å²) in [4.78, 5) is 40.9. The Morgan fingerprint density at radius 2 is 1.92 bits per heavy atom. The Morgan fingerprint density at radius 3 is 2.51 bits per heavy atom. The van der Waals surface area contributed by atoms with Gasteiger partial charge < -0.3 is 26.6 Å². The summed E-state index contributed by atoms with van der Waals surface area (Å²) in [6.07, 6.45) is 1.64. The first kappa shape index (κ1) is 26.1. The summed E-state index contributed by atoms with van der Waals surface area (Å²) in [6.45, 7) is 4.77. The number of rotatable bonds is 8. The molecule has 2 unspecified atom stereocenters. The van der Waals surface area contributed by atoms with Crippen LogP contribution >= 0.6 is 11.5 Å². The first-order chi connectivity index (χ1) is 17.7. The fraction of sp³-hybridized carbons (Fsp3) is 0.308. The predicted molar refractivity (Wildman–Crippen MR) is 141 cm³/mol. The molecule has 2 aromatic carbocycles. The van der Waals surface area contributed by atoms with E-state index in [1.54, 1.807) is 24.3 Å². The van der Waals surface area contributed by atoms with Crippen molar-refractivity contribution in [1.82, 2.24) is 9.69 Å². The van der Waals surface area contributed by atoms with Crippen molar-refractivity contribution < 1.29 is 24.2 Å². The lowest BCUT2D eigenvalue weighted by Gasteiger charge is -2.32. The van der Waals surface area contributed by atoms with Crippen LogP contribution in [0, 0.1) is 13.8 Å². The highest BCUT2D eigenvalue weighted by atomic mass is 32.1. The molecule has 0 saturated carbocycles. The number of amides is 3. The third kappa shape index (κ3) is 5.57. The van der Waals surface area contributed by atoms with Crippen LogP contribution in [0.5, 0.6) is 5.75 Å². The van der Waals surface area contributed by atoms with E-state index >= 15 is 0 Å². The fourth-order valence-electron chi connectivity index (χ4n) is 4.19. The van der Waals surface area contributed by atoms with Gasteiger partial charge in [-0.25, -0.2) is 0 Å². The number of phenols is 1. The van der Waals surface area contributed by atoms with Gasteiger partial charge in [0.2, 0.25) is 5.91 Å². The minimum absolute atomic E-state index is 0.0114. The molecular formula is C26H29N5O5S. The number of aromatic nitrogens is 1. The third-order valence-corrected chi connectivity index (χ3v) is 7.24. The van der Waals surface area contributed by atoms with Gasteiger partial charge in [-0.1, -0.05) is 18.2 Å². The summed E-state index contributed by atoms with van der Waals surface area (Å²) in [7, 11) is 0. The van der Waals surface area contributed by atoms with Crippen molar-refractivity contribution in [2.75, 3.05) is 23.8 Å². The average Bonchev–Trinajstić information content (AvgIpc) is 3.53. The van der Waals surface area contributed by atoms with Gasteiger partial charge in [0.05, 0.1) is 11.8 Å². The molecule has 0 radical (unpaired) electrons. The van der Waals surface area contributed by atoms with Gasteiger partial charge in [-0.3, -0.25) is 19.3 Å². The Morgan fingerprint density at radius 1 is 1.19 bits per heavy atom. The largest absolute Gasteiger partial charge is 0.508 e. The van der Waals surface area contributed by atoms with Gasteiger partial charge in [-0.2, -0.15) is 4.37 Å². The van der Waals surface area contributed by atoms with E-state index in [9.17, 15) is 19.5 Å². The van der Waals surface area contributed by atoms with Crippen molar-refractivity contribution >= 4 is 40.6 Å². The Kier molecular flexibility index (Phi) is 7.74. The molecule has 1 aromatic heterocycles. The number of nitrogens with zero attached hydrogens (tertiary/aromatic N) is 2. The highest BCUT2D eigenvalue weighted by Gasteiger charge is 2.36.